The second kappa shape index (κ2) is 11.8. The van der Waals surface area contributed by atoms with Gasteiger partial charge in [0.2, 0.25) is 5.91 Å². The number of benzene rings is 1. The Kier molecular flexibility index (Phi) is 8.32. The van der Waals surface area contributed by atoms with Gasteiger partial charge < -0.3 is 29.9 Å². The average Bonchev–Trinajstić information content (AvgIpc) is 2.86. The molecule has 2 aliphatic rings. The van der Waals surface area contributed by atoms with Crippen molar-refractivity contribution in [3.8, 4) is 5.75 Å². The molecule has 34 heavy (non-hydrogen) atoms. The molecule has 9 nitrogen and oxygen atoms in total. The maximum Gasteiger partial charge on any atom is 0.258 e. The normalized spacial score (nSPS) is 18.3. The predicted octanol–water partition coefficient (Wildman–Crippen LogP) is 2.13. The lowest BCUT2D eigenvalue weighted by atomic mass is 9.97. The molecular weight excluding hydrogens is 434 g/mol. The molecule has 182 valence electrons. The average molecular weight is 468 g/mol. The number of carbonyl (C=O) groups excluding carboxylic acids is 2. The number of amides is 2. The third kappa shape index (κ3) is 6.45. The Morgan fingerprint density at radius 3 is 2.79 bits per heavy atom. The maximum absolute atomic E-state index is 13.5. The Labute approximate surface area is 200 Å². The van der Waals surface area contributed by atoms with Crippen LogP contribution in [-0.2, 0) is 9.53 Å². The molecule has 3 heterocycles. The minimum Gasteiger partial charge on any atom is -0.489 e. The fourth-order valence-corrected chi connectivity index (χ4v) is 4.16. The van der Waals surface area contributed by atoms with Gasteiger partial charge in [0, 0.05) is 19.3 Å². The number of aromatic nitrogens is 1. The molecule has 1 aromatic heterocycles. The van der Waals surface area contributed by atoms with E-state index in [0.29, 0.717) is 61.6 Å². The summed E-state index contributed by atoms with van der Waals surface area (Å²) in [5.41, 5.74) is 1.09. The van der Waals surface area contributed by atoms with Crippen LogP contribution in [0.25, 0.3) is 0 Å². The molecule has 2 N–H and O–H groups in total. The molecule has 1 fully saturated rings. The molecular formula is C25H33N5O4. The Morgan fingerprint density at radius 2 is 1.94 bits per heavy atom. The quantitative estimate of drug-likeness (QED) is 0.711. The first-order valence-electron chi connectivity index (χ1n) is 11.9. The van der Waals surface area contributed by atoms with Gasteiger partial charge in [0.05, 0.1) is 31.0 Å². The van der Waals surface area contributed by atoms with Crippen LogP contribution in [0.1, 0.15) is 23.2 Å². The van der Waals surface area contributed by atoms with E-state index in [1.807, 2.05) is 24.3 Å². The molecule has 0 saturated carbocycles. The lowest BCUT2D eigenvalue weighted by Gasteiger charge is -2.29. The van der Waals surface area contributed by atoms with E-state index in [-0.39, 0.29) is 18.4 Å². The third-order valence-corrected chi connectivity index (χ3v) is 6.22. The highest BCUT2D eigenvalue weighted by molar-refractivity contribution is 6.01. The number of piperidine rings is 1. The van der Waals surface area contributed by atoms with Gasteiger partial charge in [0.1, 0.15) is 18.2 Å². The van der Waals surface area contributed by atoms with Crippen molar-refractivity contribution in [2.45, 2.75) is 12.8 Å². The maximum atomic E-state index is 13.5. The van der Waals surface area contributed by atoms with Gasteiger partial charge in [-0.1, -0.05) is 12.1 Å². The Hall–Kier alpha value is -3.17. The third-order valence-electron chi connectivity index (χ3n) is 6.22. The van der Waals surface area contributed by atoms with Crippen molar-refractivity contribution in [3.05, 3.63) is 48.2 Å². The van der Waals surface area contributed by atoms with Gasteiger partial charge in [-0.25, -0.2) is 4.98 Å². The molecule has 0 bridgehead atoms. The highest BCUT2D eigenvalue weighted by atomic mass is 16.5. The van der Waals surface area contributed by atoms with Crippen LogP contribution in [0.2, 0.25) is 0 Å². The first kappa shape index (κ1) is 24.0. The molecule has 1 aromatic carbocycles. The van der Waals surface area contributed by atoms with Crippen molar-refractivity contribution < 1.29 is 19.1 Å². The number of para-hydroxylation sites is 2. The van der Waals surface area contributed by atoms with E-state index >= 15 is 0 Å². The van der Waals surface area contributed by atoms with Gasteiger partial charge >= 0.3 is 0 Å². The zero-order valence-electron chi connectivity index (χ0n) is 19.7. The van der Waals surface area contributed by atoms with Crippen molar-refractivity contribution in [2.24, 2.45) is 5.92 Å². The number of rotatable bonds is 4. The summed E-state index contributed by atoms with van der Waals surface area (Å²) in [6, 6.07) is 10.9. The smallest absolute Gasteiger partial charge is 0.258 e. The summed E-state index contributed by atoms with van der Waals surface area (Å²) in [7, 11) is 2.12. The number of hydrogen-bond acceptors (Lipinski definition) is 7. The van der Waals surface area contributed by atoms with Crippen molar-refractivity contribution >= 4 is 23.3 Å². The molecule has 2 aliphatic heterocycles. The number of likely N-dealkylation sites (tertiary alicyclic amines) is 1. The number of ether oxygens (including phenoxy) is 2. The number of pyridine rings is 1. The van der Waals surface area contributed by atoms with E-state index in [1.54, 1.807) is 18.3 Å². The number of carbonyl (C=O) groups is 2. The molecule has 9 heteroatoms. The monoisotopic (exact) mass is 467 g/mol. The Bertz CT molecular complexity index is 977. The summed E-state index contributed by atoms with van der Waals surface area (Å²) in [5.74, 6) is 1.11. The fraction of sp³-hybridized carbons (Fsp3) is 0.480. The number of hydrogen-bond donors (Lipinski definition) is 2. The van der Waals surface area contributed by atoms with Gasteiger partial charge in [-0.2, -0.15) is 0 Å². The van der Waals surface area contributed by atoms with Gasteiger partial charge in [-0.3, -0.25) is 9.59 Å². The van der Waals surface area contributed by atoms with Crippen LogP contribution in [-0.4, -0.2) is 86.2 Å². The predicted molar refractivity (Wildman–Crippen MR) is 129 cm³/mol. The summed E-state index contributed by atoms with van der Waals surface area (Å²) in [4.78, 5) is 34.5. The topological polar surface area (TPSA) is 96.0 Å². The minimum absolute atomic E-state index is 0.0315. The molecule has 1 saturated heterocycles. The Morgan fingerprint density at radius 1 is 1.12 bits per heavy atom. The van der Waals surface area contributed by atoms with E-state index in [9.17, 15) is 9.59 Å². The van der Waals surface area contributed by atoms with Crippen molar-refractivity contribution in [1.29, 1.82) is 0 Å². The second-order valence-corrected chi connectivity index (χ2v) is 8.76. The standard InChI is InChI=1S/C25H33N5O4/c1-29-11-8-19(9-12-29)17-27-23(31)18-30-13-14-33-15-16-34-22-7-3-2-6-21(22)28-24-20(25(30)32)5-4-10-26-24/h2-7,10,19H,8-9,11-18H2,1H3,(H,26,28)(H,27,31). The van der Waals surface area contributed by atoms with Gasteiger partial charge in [-0.15, -0.1) is 0 Å². The van der Waals surface area contributed by atoms with E-state index in [0.717, 1.165) is 25.9 Å². The molecule has 4 rings (SSSR count). The summed E-state index contributed by atoms with van der Waals surface area (Å²) in [6.07, 6.45) is 3.77. The van der Waals surface area contributed by atoms with E-state index in [1.165, 1.54) is 4.90 Å². The molecule has 0 unspecified atom stereocenters. The zero-order chi connectivity index (χ0) is 23.8. The number of fused-ring (bicyclic) bond motifs is 2. The van der Waals surface area contributed by atoms with Crippen molar-refractivity contribution in [2.75, 3.05) is 64.9 Å². The summed E-state index contributed by atoms with van der Waals surface area (Å²) in [6.45, 7) is 4.06. The number of anilines is 2. The van der Waals surface area contributed by atoms with E-state index in [4.69, 9.17) is 9.47 Å². The molecule has 2 aromatic rings. The Balaban J connectivity index is 1.47. The fourth-order valence-electron chi connectivity index (χ4n) is 4.16. The lowest BCUT2D eigenvalue weighted by molar-refractivity contribution is -0.122. The van der Waals surface area contributed by atoms with Crippen molar-refractivity contribution in [1.82, 2.24) is 20.1 Å². The first-order chi connectivity index (χ1) is 16.6. The zero-order valence-corrected chi connectivity index (χ0v) is 19.7. The lowest BCUT2D eigenvalue weighted by Crippen LogP contribution is -2.44. The van der Waals surface area contributed by atoms with Crippen LogP contribution < -0.4 is 15.4 Å². The highest BCUT2D eigenvalue weighted by Crippen LogP contribution is 2.28. The number of nitrogens with one attached hydrogen (secondary N) is 2. The van der Waals surface area contributed by atoms with Gasteiger partial charge in [0.15, 0.2) is 0 Å². The second-order valence-electron chi connectivity index (χ2n) is 8.76. The highest BCUT2D eigenvalue weighted by Gasteiger charge is 2.24. The van der Waals surface area contributed by atoms with Gasteiger partial charge in [-0.05, 0) is 63.2 Å². The van der Waals surface area contributed by atoms with Crippen molar-refractivity contribution in [3.63, 3.8) is 0 Å². The SMILES string of the molecule is CN1CCC(CNC(=O)CN2CCOCCOc3ccccc3Nc3ncccc3C2=O)CC1. The largest absolute Gasteiger partial charge is 0.489 e. The summed E-state index contributed by atoms with van der Waals surface area (Å²) in [5, 5.41) is 6.25. The van der Waals surface area contributed by atoms with Crippen LogP contribution >= 0.6 is 0 Å². The molecule has 0 atom stereocenters. The van der Waals surface area contributed by atoms with Gasteiger partial charge in [0.25, 0.3) is 5.91 Å². The summed E-state index contributed by atoms with van der Waals surface area (Å²) < 4.78 is 11.5. The molecule has 0 aliphatic carbocycles. The number of nitrogens with zero attached hydrogens (tertiary/aromatic N) is 3. The van der Waals surface area contributed by atoms with Crippen LogP contribution in [0.3, 0.4) is 0 Å². The molecule has 0 radical (unpaired) electrons. The van der Waals surface area contributed by atoms with Crippen LogP contribution in [0.5, 0.6) is 5.75 Å². The van der Waals surface area contributed by atoms with Crippen LogP contribution in [0.15, 0.2) is 42.6 Å². The van der Waals surface area contributed by atoms with E-state index < -0.39 is 0 Å². The van der Waals surface area contributed by atoms with Crippen LogP contribution in [0, 0.1) is 5.92 Å². The van der Waals surface area contributed by atoms with Crippen LogP contribution in [0.4, 0.5) is 11.5 Å². The molecule has 0 spiro atoms. The first-order valence-corrected chi connectivity index (χ1v) is 11.9. The van der Waals surface area contributed by atoms with E-state index in [2.05, 4.69) is 27.6 Å². The minimum atomic E-state index is -0.272. The molecule has 2 amide bonds. The summed E-state index contributed by atoms with van der Waals surface area (Å²) >= 11 is 0.